The fourth-order valence-electron chi connectivity index (χ4n) is 3.86. The predicted octanol–water partition coefficient (Wildman–Crippen LogP) is 3.02. The van der Waals surface area contributed by atoms with Gasteiger partial charge in [-0.1, -0.05) is 35.3 Å². The number of aliphatic hydroxyl groups excluding tert-OH is 1. The maximum absolute atomic E-state index is 9.95. The molecule has 1 aromatic heterocycles. The molecule has 152 valence electrons. The van der Waals surface area contributed by atoms with Crippen molar-refractivity contribution in [3.8, 4) is 11.3 Å². The van der Waals surface area contributed by atoms with Crippen LogP contribution in [0.2, 0.25) is 10.0 Å². The molecule has 2 heterocycles. The molecule has 2 aromatic rings. The molecule has 0 radical (unpaired) electrons. The van der Waals surface area contributed by atoms with Crippen LogP contribution in [0.4, 0.5) is 5.82 Å². The molecule has 6 nitrogen and oxygen atoms in total. The van der Waals surface area contributed by atoms with Gasteiger partial charge in [0.05, 0.1) is 28.0 Å². The van der Waals surface area contributed by atoms with Crippen LogP contribution in [0.5, 0.6) is 0 Å². The van der Waals surface area contributed by atoms with Gasteiger partial charge in [-0.15, -0.1) is 0 Å². The standard InChI is InChI=1S/C20H27Cl2N5O/c1-13-18(14-4-3-5-15(21)17(14)22)26-16(10-28)19(25-13)27-8-6-20(11-23,7-9-27)12-24-2/h3-5,24,28H,6-12,23H2,1-2H3. The van der Waals surface area contributed by atoms with Gasteiger partial charge in [0.15, 0.2) is 5.82 Å². The minimum absolute atomic E-state index is 0.112. The number of nitrogens with zero attached hydrogens (tertiary/aromatic N) is 3. The van der Waals surface area contributed by atoms with Gasteiger partial charge < -0.3 is 21.1 Å². The van der Waals surface area contributed by atoms with E-state index < -0.39 is 0 Å². The number of benzene rings is 1. The zero-order valence-corrected chi connectivity index (χ0v) is 17.8. The molecular weight excluding hydrogens is 397 g/mol. The lowest BCUT2D eigenvalue weighted by atomic mass is 9.78. The average molecular weight is 424 g/mol. The fraction of sp³-hybridized carbons (Fsp3) is 0.500. The normalized spacial score (nSPS) is 16.4. The third-order valence-corrected chi connectivity index (χ3v) is 6.41. The summed E-state index contributed by atoms with van der Waals surface area (Å²) in [6.45, 7) is 4.93. The van der Waals surface area contributed by atoms with E-state index in [1.807, 2.05) is 26.1 Å². The van der Waals surface area contributed by atoms with Gasteiger partial charge in [-0.2, -0.15) is 0 Å². The van der Waals surface area contributed by atoms with Gasteiger partial charge in [0, 0.05) is 25.2 Å². The van der Waals surface area contributed by atoms with E-state index in [4.69, 9.17) is 38.9 Å². The Hall–Kier alpha value is -1.44. The van der Waals surface area contributed by atoms with E-state index in [1.54, 1.807) is 6.07 Å². The third-order valence-electron chi connectivity index (χ3n) is 5.59. The third kappa shape index (κ3) is 4.11. The van der Waals surface area contributed by atoms with E-state index in [9.17, 15) is 5.11 Å². The van der Waals surface area contributed by atoms with Crippen LogP contribution >= 0.6 is 23.2 Å². The first-order chi connectivity index (χ1) is 13.4. The number of aryl methyl sites for hydroxylation is 1. The van der Waals surface area contributed by atoms with E-state index in [1.165, 1.54) is 0 Å². The molecule has 0 bridgehead atoms. The maximum atomic E-state index is 9.95. The Balaban J connectivity index is 1.92. The number of nitrogens with one attached hydrogen (secondary N) is 1. The molecule has 4 N–H and O–H groups in total. The lowest BCUT2D eigenvalue weighted by Crippen LogP contribution is -2.49. The van der Waals surface area contributed by atoms with Gasteiger partial charge >= 0.3 is 0 Å². The number of aromatic nitrogens is 2. The van der Waals surface area contributed by atoms with Crippen molar-refractivity contribution in [3.63, 3.8) is 0 Å². The predicted molar refractivity (Wildman–Crippen MR) is 115 cm³/mol. The zero-order chi connectivity index (χ0) is 20.3. The molecule has 1 saturated heterocycles. The van der Waals surface area contributed by atoms with Crippen LogP contribution in [0.3, 0.4) is 0 Å². The molecule has 1 aliphatic heterocycles. The Labute approximate surface area is 176 Å². The Kier molecular flexibility index (Phi) is 6.78. The molecule has 0 amide bonds. The molecule has 0 unspecified atom stereocenters. The van der Waals surface area contributed by atoms with Crippen molar-refractivity contribution >= 4 is 29.0 Å². The summed E-state index contributed by atoms with van der Waals surface area (Å²) < 4.78 is 0. The molecule has 8 heteroatoms. The second-order valence-electron chi connectivity index (χ2n) is 7.41. The summed E-state index contributed by atoms with van der Waals surface area (Å²) in [5.74, 6) is 0.733. The minimum Gasteiger partial charge on any atom is -0.390 e. The van der Waals surface area contributed by atoms with Crippen molar-refractivity contribution in [1.82, 2.24) is 15.3 Å². The second-order valence-corrected chi connectivity index (χ2v) is 8.19. The molecule has 1 fully saturated rings. The molecule has 0 saturated carbocycles. The van der Waals surface area contributed by atoms with Crippen molar-refractivity contribution in [1.29, 1.82) is 0 Å². The summed E-state index contributed by atoms with van der Waals surface area (Å²) in [6, 6.07) is 5.43. The number of anilines is 1. The van der Waals surface area contributed by atoms with Crippen LogP contribution in [0.15, 0.2) is 18.2 Å². The number of piperidine rings is 1. The van der Waals surface area contributed by atoms with Crippen molar-refractivity contribution in [2.75, 3.05) is 38.1 Å². The fourth-order valence-corrected chi connectivity index (χ4v) is 4.25. The molecule has 0 spiro atoms. The van der Waals surface area contributed by atoms with Gasteiger partial charge in [0.1, 0.15) is 5.69 Å². The molecule has 0 aliphatic carbocycles. The highest BCUT2D eigenvalue weighted by Crippen LogP contribution is 2.36. The smallest absolute Gasteiger partial charge is 0.153 e. The summed E-state index contributed by atoms with van der Waals surface area (Å²) in [5.41, 5.74) is 8.82. The van der Waals surface area contributed by atoms with E-state index in [2.05, 4.69) is 10.2 Å². The van der Waals surface area contributed by atoms with Gasteiger partial charge in [0.2, 0.25) is 0 Å². The number of hydrogen-bond acceptors (Lipinski definition) is 6. The van der Waals surface area contributed by atoms with E-state index in [-0.39, 0.29) is 12.0 Å². The molecule has 1 aliphatic rings. The summed E-state index contributed by atoms with van der Waals surface area (Å²) >= 11 is 12.5. The first kappa shape index (κ1) is 21.3. The van der Waals surface area contributed by atoms with Crippen LogP contribution in [0, 0.1) is 12.3 Å². The van der Waals surface area contributed by atoms with E-state index in [0.717, 1.165) is 49.6 Å². The quantitative estimate of drug-likeness (QED) is 0.661. The van der Waals surface area contributed by atoms with Crippen LogP contribution in [0.1, 0.15) is 24.2 Å². The number of nitrogens with two attached hydrogens (primary N) is 1. The summed E-state index contributed by atoms with van der Waals surface area (Å²) in [6.07, 6.45) is 1.94. The highest BCUT2D eigenvalue weighted by molar-refractivity contribution is 6.43. The summed E-state index contributed by atoms with van der Waals surface area (Å²) in [5, 5.41) is 14.1. The van der Waals surface area contributed by atoms with Crippen molar-refractivity contribution in [2.45, 2.75) is 26.4 Å². The van der Waals surface area contributed by atoms with Crippen LogP contribution in [-0.4, -0.2) is 48.3 Å². The van der Waals surface area contributed by atoms with Gasteiger partial charge in [-0.05, 0) is 44.8 Å². The van der Waals surface area contributed by atoms with Crippen molar-refractivity contribution in [3.05, 3.63) is 39.6 Å². The summed E-state index contributed by atoms with van der Waals surface area (Å²) in [4.78, 5) is 11.7. The zero-order valence-electron chi connectivity index (χ0n) is 16.3. The largest absolute Gasteiger partial charge is 0.390 e. The number of aliphatic hydroxyl groups is 1. The first-order valence-electron chi connectivity index (χ1n) is 9.47. The summed E-state index contributed by atoms with van der Waals surface area (Å²) in [7, 11) is 1.96. The molecule has 28 heavy (non-hydrogen) atoms. The second kappa shape index (κ2) is 8.93. The number of rotatable bonds is 6. The van der Waals surface area contributed by atoms with Crippen LogP contribution in [0.25, 0.3) is 11.3 Å². The lowest BCUT2D eigenvalue weighted by Gasteiger charge is -2.42. The van der Waals surface area contributed by atoms with Crippen LogP contribution < -0.4 is 16.0 Å². The Morgan fingerprint density at radius 2 is 1.96 bits per heavy atom. The molecule has 1 aromatic carbocycles. The van der Waals surface area contributed by atoms with Gasteiger partial charge in [-0.25, -0.2) is 9.97 Å². The Morgan fingerprint density at radius 3 is 2.57 bits per heavy atom. The SMILES string of the molecule is CNCC1(CN)CCN(c2nc(C)c(-c3cccc(Cl)c3Cl)nc2CO)CC1. The van der Waals surface area contributed by atoms with Crippen molar-refractivity contribution in [2.24, 2.45) is 11.1 Å². The van der Waals surface area contributed by atoms with Gasteiger partial charge in [0.25, 0.3) is 0 Å². The van der Waals surface area contributed by atoms with E-state index in [0.29, 0.717) is 28.0 Å². The number of halogens is 2. The lowest BCUT2D eigenvalue weighted by molar-refractivity contribution is 0.222. The molecule has 0 atom stereocenters. The Morgan fingerprint density at radius 1 is 1.25 bits per heavy atom. The first-order valence-corrected chi connectivity index (χ1v) is 10.2. The monoisotopic (exact) mass is 423 g/mol. The maximum Gasteiger partial charge on any atom is 0.153 e. The Bertz CT molecular complexity index is 838. The average Bonchev–Trinajstić information content (AvgIpc) is 2.71. The van der Waals surface area contributed by atoms with Gasteiger partial charge in [-0.3, -0.25) is 0 Å². The highest BCUT2D eigenvalue weighted by atomic mass is 35.5. The van der Waals surface area contributed by atoms with Crippen molar-refractivity contribution < 1.29 is 5.11 Å². The topological polar surface area (TPSA) is 87.3 Å². The molecule has 3 rings (SSSR count). The highest BCUT2D eigenvalue weighted by Gasteiger charge is 2.34. The minimum atomic E-state index is -0.192. The van der Waals surface area contributed by atoms with E-state index >= 15 is 0 Å². The number of hydrogen-bond donors (Lipinski definition) is 3. The van der Waals surface area contributed by atoms with Crippen LogP contribution in [-0.2, 0) is 6.61 Å². The molecular formula is C20H27Cl2N5O.